The lowest BCUT2D eigenvalue weighted by Gasteiger charge is -2.37. The number of nitrogens with two attached hydrogens (primary N) is 1. The quantitative estimate of drug-likeness (QED) is 0.616. The normalized spacial score (nSPS) is 20.9. The molecule has 1 aliphatic rings. The maximum Gasteiger partial charge on any atom is 0.316 e. The second-order valence-corrected chi connectivity index (χ2v) is 7.17. The lowest BCUT2D eigenvalue weighted by Crippen LogP contribution is -2.41. The first-order valence-corrected chi connectivity index (χ1v) is 8.69. The predicted octanol–water partition coefficient (Wildman–Crippen LogP) is 3.74. The molecule has 1 aromatic carbocycles. The van der Waals surface area contributed by atoms with E-state index in [9.17, 15) is 14.7 Å². The first kappa shape index (κ1) is 19.7. The molecule has 0 aliphatic heterocycles. The molecule has 1 aliphatic carbocycles. The van der Waals surface area contributed by atoms with Gasteiger partial charge in [0.2, 0.25) is 0 Å². The van der Waals surface area contributed by atoms with E-state index in [1.807, 2.05) is 20.8 Å². The SMILES string of the molecule is CCCC(=O)C1=C(O)[C@@H](C(=O)OC)C(C)(C)CC1=Nc1ccccc1N. The standard InChI is InChI=1S/C20H26N2O4/c1-5-8-15(23)16-14(22-13-10-7-6-9-12(13)21)11-20(2,3)17(18(16)24)19(25)26-4/h6-7,9-10,17,24H,5,8,11,21H2,1-4H3/t17-/m0/s1. The van der Waals surface area contributed by atoms with Crippen LogP contribution in [-0.2, 0) is 14.3 Å². The molecule has 6 nitrogen and oxygen atoms in total. The number of allylic oxidation sites excluding steroid dienone is 1. The molecular weight excluding hydrogens is 332 g/mol. The van der Waals surface area contributed by atoms with Crippen LogP contribution >= 0.6 is 0 Å². The molecule has 1 aromatic rings. The molecule has 0 unspecified atom stereocenters. The Bertz CT molecular complexity index is 778. The molecule has 3 N–H and O–H groups in total. The Kier molecular flexibility index (Phi) is 5.85. The van der Waals surface area contributed by atoms with Gasteiger partial charge in [-0.3, -0.25) is 14.6 Å². The fraction of sp³-hybridized carbons (Fsp3) is 0.450. The Hall–Kier alpha value is -2.63. The van der Waals surface area contributed by atoms with Gasteiger partial charge in [0.15, 0.2) is 5.78 Å². The lowest BCUT2D eigenvalue weighted by atomic mass is 9.67. The van der Waals surface area contributed by atoms with Gasteiger partial charge in [-0.15, -0.1) is 0 Å². The largest absolute Gasteiger partial charge is 0.511 e. The highest BCUT2D eigenvalue weighted by Crippen LogP contribution is 2.43. The van der Waals surface area contributed by atoms with Crippen LogP contribution in [0.3, 0.4) is 0 Å². The van der Waals surface area contributed by atoms with Crippen molar-refractivity contribution in [3.05, 3.63) is 35.6 Å². The molecule has 0 amide bonds. The number of ether oxygens (including phenoxy) is 1. The second kappa shape index (κ2) is 7.72. The number of rotatable bonds is 5. The zero-order valence-corrected chi connectivity index (χ0v) is 15.7. The topological polar surface area (TPSA) is 102 Å². The third kappa shape index (κ3) is 3.79. The number of hydrogen-bond acceptors (Lipinski definition) is 6. The van der Waals surface area contributed by atoms with Crippen molar-refractivity contribution in [2.45, 2.75) is 40.0 Å². The van der Waals surface area contributed by atoms with Crippen molar-refractivity contribution in [3.63, 3.8) is 0 Å². The van der Waals surface area contributed by atoms with Crippen LogP contribution in [0.1, 0.15) is 40.0 Å². The van der Waals surface area contributed by atoms with Crippen LogP contribution in [0.5, 0.6) is 0 Å². The highest BCUT2D eigenvalue weighted by atomic mass is 16.5. The van der Waals surface area contributed by atoms with Crippen molar-refractivity contribution < 1.29 is 19.4 Å². The van der Waals surface area contributed by atoms with Crippen molar-refractivity contribution in [1.82, 2.24) is 0 Å². The Labute approximate surface area is 153 Å². The van der Waals surface area contributed by atoms with E-state index in [4.69, 9.17) is 10.5 Å². The molecule has 0 aromatic heterocycles. The summed E-state index contributed by atoms with van der Waals surface area (Å²) in [6.07, 6.45) is 1.23. The molecule has 2 rings (SSSR count). The molecule has 140 valence electrons. The monoisotopic (exact) mass is 358 g/mol. The summed E-state index contributed by atoms with van der Waals surface area (Å²) >= 11 is 0. The highest BCUT2D eigenvalue weighted by molar-refractivity contribution is 6.24. The third-order valence-corrected chi connectivity index (χ3v) is 4.61. The van der Waals surface area contributed by atoms with E-state index < -0.39 is 17.3 Å². The molecule has 0 spiro atoms. The summed E-state index contributed by atoms with van der Waals surface area (Å²) in [6, 6.07) is 7.08. The van der Waals surface area contributed by atoms with Gasteiger partial charge in [-0.25, -0.2) is 0 Å². The van der Waals surface area contributed by atoms with Crippen LogP contribution < -0.4 is 5.73 Å². The van der Waals surface area contributed by atoms with E-state index in [0.717, 1.165) is 0 Å². The van der Waals surface area contributed by atoms with E-state index in [0.29, 0.717) is 29.9 Å². The van der Waals surface area contributed by atoms with E-state index in [-0.39, 0.29) is 23.5 Å². The van der Waals surface area contributed by atoms with Gasteiger partial charge in [0, 0.05) is 6.42 Å². The second-order valence-electron chi connectivity index (χ2n) is 7.17. The maximum absolute atomic E-state index is 12.7. The summed E-state index contributed by atoms with van der Waals surface area (Å²) in [5.74, 6) is -1.97. The summed E-state index contributed by atoms with van der Waals surface area (Å²) in [7, 11) is 1.27. The van der Waals surface area contributed by atoms with Crippen LogP contribution in [-0.4, -0.2) is 29.7 Å². The van der Waals surface area contributed by atoms with Crippen LogP contribution in [0.4, 0.5) is 11.4 Å². The lowest BCUT2D eigenvalue weighted by molar-refractivity contribution is -0.149. The fourth-order valence-electron chi connectivity index (χ4n) is 3.32. The summed E-state index contributed by atoms with van der Waals surface area (Å²) in [5, 5.41) is 10.8. The van der Waals surface area contributed by atoms with Crippen LogP contribution in [0.2, 0.25) is 0 Å². The number of carbonyl (C=O) groups is 2. The van der Waals surface area contributed by atoms with Crippen molar-refractivity contribution >= 4 is 28.8 Å². The number of anilines is 1. The third-order valence-electron chi connectivity index (χ3n) is 4.61. The summed E-state index contributed by atoms with van der Waals surface area (Å²) in [4.78, 5) is 29.5. The van der Waals surface area contributed by atoms with Crippen molar-refractivity contribution in [1.29, 1.82) is 0 Å². The number of para-hydroxylation sites is 2. The number of ketones is 1. The molecule has 6 heteroatoms. The minimum absolute atomic E-state index is 0.116. The number of nitrogen functional groups attached to an aromatic ring is 1. The van der Waals surface area contributed by atoms with Crippen molar-refractivity contribution in [2.24, 2.45) is 16.3 Å². The van der Waals surface area contributed by atoms with Crippen LogP contribution in [0.25, 0.3) is 0 Å². The number of nitrogens with zero attached hydrogens (tertiary/aromatic N) is 1. The van der Waals surface area contributed by atoms with E-state index >= 15 is 0 Å². The first-order valence-electron chi connectivity index (χ1n) is 8.69. The van der Waals surface area contributed by atoms with E-state index in [1.165, 1.54) is 7.11 Å². The molecule has 0 bridgehead atoms. The molecule has 1 atom stereocenters. The first-order chi connectivity index (χ1) is 12.2. The number of aliphatic hydroxyl groups is 1. The minimum atomic E-state index is -0.907. The fourth-order valence-corrected chi connectivity index (χ4v) is 3.32. The Morgan fingerprint density at radius 1 is 1.35 bits per heavy atom. The van der Waals surface area contributed by atoms with Gasteiger partial charge in [0.05, 0.1) is 29.8 Å². The highest BCUT2D eigenvalue weighted by Gasteiger charge is 2.47. The summed E-state index contributed by atoms with van der Waals surface area (Å²) in [6.45, 7) is 5.57. The smallest absolute Gasteiger partial charge is 0.316 e. The number of esters is 1. The van der Waals surface area contributed by atoms with Gasteiger partial charge in [-0.05, 0) is 30.4 Å². The summed E-state index contributed by atoms with van der Waals surface area (Å²) < 4.78 is 4.85. The molecular formula is C20H26N2O4. The van der Waals surface area contributed by atoms with Gasteiger partial charge < -0.3 is 15.6 Å². The van der Waals surface area contributed by atoms with E-state index in [1.54, 1.807) is 24.3 Å². The van der Waals surface area contributed by atoms with Crippen molar-refractivity contribution in [2.75, 3.05) is 12.8 Å². The molecule has 26 heavy (non-hydrogen) atoms. The number of methoxy groups -OCH3 is 1. The number of hydrogen-bond donors (Lipinski definition) is 2. The molecule has 0 radical (unpaired) electrons. The Morgan fingerprint density at radius 2 is 2.00 bits per heavy atom. The van der Waals surface area contributed by atoms with Gasteiger partial charge in [0.25, 0.3) is 0 Å². The van der Waals surface area contributed by atoms with Crippen LogP contribution in [0, 0.1) is 11.3 Å². The predicted molar refractivity (Wildman–Crippen MR) is 101 cm³/mol. The molecule has 0 heterocycles. The average Bonchev–Trinajstić information content (AvgIpc) is 2.55. The Balaban J connectivity index is 2.67. The number of Topliss-reactive ketones (excluding diaryl/α,β-unsaturated/α-hetero) is 1. The maximum atomic E-state index is 12.7. The zero-order valence-electron chi connectivity index (χ0n) is 15.7. The molecule has 0 saturated carbocycles. The number of carbonyl (C=O) groups excluding carboxylic acids is 2. The zero-order chi connectivity index (χ0) is 19.5. The number of aliphatic imine (C=N–C) groups is 1. The molecule has 0 fully saturated rings. The Morgan fingerprint density at radius 3 is 2.58 bits per heavy atom. The minimum Gasteiger partial charge on any atom is -0.511 e. The van der Waals surface area contributed by atoms with E-state index in [2.05, 4.69) is 4.99 Å². The van der Waals surface area contributed by atoms with Gasteiger partial charge in [-0.2, -0.15) is 0 Å². The molecule has 0 saturated heterocycles. The number of benzene rings is 1. The average molecular weight is 358 g/mol. The number of aliphatic hydroxyl groups excluding tert-OH is 1. The van der Waals surface area contributed by atoms with Crippen molar-refractivity contribution in [3.8, 4) is 0 Å². The van der Waals surface area contributed by atoms with Gasteiger partial charge >= 0.3 is 5.97 Å². The summed E-state index contributed by atoms with van der Waals surface area (Å²) in [5.41, 5.74) is 6.89. The van der Waals surface area contributed by atoms with Gasteiger partial charge in [0.1, 0.15) is 11.7 Å². The van der Waals surface area contributed by atoms with Gasteiger partial charge in [-0.1, -0.05) is 32.9 Å². The van der Waals surface area contributed by atoms with Crippen LogP contribution in [0.15, 0.2) is 40.6 Å².